The molecule has 0 atom stereocenters. The van der Waals surface area contributed by atoms with Crippen LogP contribution >= 0.6 is 0 Å². The summed E-state index contributed by atoms with van der Waals surface area (Å²) in [6.07, 6.45) is 2.31. The van der Waals surface area contributed by atoms with Gasteiger partial charge < -0.3 is 5.11 Å². The lowest BCUT2D eigenvalue weighted by Gasteiger charge is -2.25. The summed E-state index contributed by atoms with van der Waals surface area (Å²) >= 11 is 0. The fraction of sp³-hybridized carbons (Fsp3) is 0.556. The van der Waals surface area contributed by atoms with E-state index in [0.29, 0.717) is 0 Å². The minimum Gasteiger partial charge on any atom is -0.507 e. The Hall–Kier alpha value is -0.980. The maximum absolute atomic E-state index is 12.3. The normalized spacial score (nSPS) is 21.3. The lowest BCUT2D eigenvalue weighted by atomic mass is 9.86. The van der Waals surface area contributed by atoms with Crippen LogP contribution < -0.4 is 0 Å². The quantitative estimate of drug-likeness (QED) is 0.784. The summed E-state index contributed by atoms with van der Waals surface area (Å²) in [5.41, 5.74) is -6.12. The van der Waals surface area contributed by atoms with Crippen molar-refractivity contribution in [1.82, 2.24) is 0 Å². The van der Waals surface area contributed by atoms with Crippen molar-refractivity contribution in [2.75, 3.05) is 0 Å². The van der Waals surface area contributed by atoms with Crippen LogP contribution in [0.2, 0.25) is 0 Å². The first kappa shape index (κ1) is 13.1. The first-order valence-electron chi connectivity index (χ1n) is 4.41. The maximum atomic E-state index is 12.3. The molecule has 16 heavy (non-hydrogen) atoms. The second-order valence-corrected chi connectivity index (χ2v) is 6.15. The Balaban J connectivity index is 3.34. The molecule has 0 radical (unpaired) electrons. The molecule has 0 aromatic heterocycles. The highest BCUT2D eigenvalue weighted by Gasteiger charge is 2.50. The van der Waals surface area contributed by atoms with Crippen molar-refractivity contribution in [3.8, 4) is 0 Å². The summed E-state index contributed by atoms with van der Waals surface area (Å²) in [6, 6.07) is 0. The number of alkyl halides is 3. The van der Waals surface area contributed by atoms with Gasteiger partial charge in [-0.05, 0) is 17.9 Å². The van der Waals surface area contributed by atoms with E-state index in [-0.39, 0.29) is 6.42 Å². The molecule has 7 heteroatoms. The van der Waals surface area contributed by atoms with E-state index in [1.165, 1.54) is 0 Å². The topological polar surface area (TPSA) is 54.4 Å². The third-order valence-corrected chi connectivity index (χ3v) is 3.71. The molecule has 1 aliphatic rings. The molecule has 0 bridgehead atoms. The van der Waals surface area contributed by atoms with E-state index < -0.39 is 31.4 Å². The fourth-order valence-corrected chi connectivity index (χ4v) is 2.37. The molecule has 1 rings (SSSR count). The molecular weight excluding hydrogens is 245 g/mol. The van der Waals surface area contributed by atoms with Gasteiger partial charge in [0.25, 0.3) is 9.84 Å². The smallest absolute Gasteiger partial charge is 0.502 e. The Morgan fingerprint density at radius 1 is 1.38 bits per heavy atom. The van der Waals surface area contributed by atoms with Crippen molar-refractivity contribution in [3.05, 3.63) is 22.8 Å². The number of allylic oxidation sites excluding steroid dienone is 2. The molecular formula is C9H11F3O3S. The van der Waals surface area contributed by atoms with Gasteiger partial charge in [0.05, 0.1) is 0 Å². The Labute approximate surface area is 91.2 Å². The lowest BCUT2D eigenvalue weighted by Crippen LogP contribution is -2.28. The molecule has 0 aromatic rings. The van der Waals surface area contributed by atoms with E-state index in [0.717, 1.165) is 12.2 Å². The van der Waals surface area contributed by atoms with Gasteiger partial charge >= 0.3 is 5.51 Å². The van der Waals surface area contributed by atoms with Gasteiger partial charge in [-0.1, -0.05) is 19.9 Å². The van der Waals surface area contributed by atoms with Crippen LogP contribution in [0.1, 0.15) is 20.3 Å². The van der Waals surface area contributed by atoms with Crippen molar-refractivity contribution in [3.63, 3.8) is 0 Å². The van der Waals surface area contributed by atoms with E-state index in [2.05, 4.69) is 0 Å². The Bertz CT molecular complexity index is 455. The molecule has 1 N–H and O–H groups in total. The van der Waals surface area contributed by atoms with Crippen LogP contribution in [0.5, 0.6) is 0 Å². The van der Waals surface area contributed by atoms with E-state index >= 15 is 0 Å². The molecule has 0 fully saturated rings. The van der Waals surface area contributed by atoms with E-state index in [9.17, 15) is 26.7 Å². The number of rotatable bonds is 1. The average Bonchev–Trinajstić information content (AvgIpc) is 2.07. The van der Waals surface area contributed by atoms with E-state index in [4.69, 9.17) is 0 Å². The zero-order chi connectivity index (χ0) is 12.8. The molecule has 0 unspecified atom stereocenters. The van der Waals surface area contributed by atoms with E-state index in [1.54, 1.807) is 13.8 Å². The number of halogens is 3. The van der Waals surface area contributed by atoms with Gasteiger partial charge in [-0.15, -0.1) is 0 Å². The first-order valence-corrected chi connectivity index (χ1v) is 5.89. The average molecular weight is 256 g/mol. The third-order valence-electron chi connectivity index (χ3n) is 2.19. The zero-order valence-corrected chi connectivity index (χ0v) is 9.48. The maximum Gasteiger partial charge on any atom is 0.502 e. The van der Waals surface area contributed by atoms with Crippen molar-refractivity contribution in [1.29, 1.82) is 0 Å². The van der Waals surface area contributed by atoms with Gasteiger partial charge in [-0.3, -0.25) is 0 Å². The van der Waals surface area contributed by atoms with Crippen molar-refractivity contribution in [2.24, 2.45) is 5.41 Å². The molecule has 1 aliphatic carbocycles. The van der Waals surface area contributed by atoms with E-state index in [1.807, 2.05) is 0 Å². The number of hydrogen-bond acceptors (Lipinski definition) is 3. The zero-order valence-electron chi connectivity index (χ0n) is 8.67. The standard InChI is InChI=1S/C9H11F3O3S/c1-8(2)4-3-6(13)7(5-8)16(14,15)9(10,11)12/h3,5,13H,4H2,1-2H3. The SMILES string of the molecule is CC1(C)C=C(S(=O)(=O)C(F)(F)F)C(O)=CC1. The summed E-state index contributed by atoms with van der Waals surface area (Å²) in [7, 11) is -5.48. The predicted molar refractivity (Wildman–Crippen MR) is 52.2 cm³/mol. The molecule has 0 aliphatic heterocycles. The number of aliphatic hydroxyl groups excluding tert-OH is 1. The van der Waals surface area contributed by atoms with Crippen LogP contribution in [0.25, 0.3) is 0 Å². The second kappa shape index (κ2) is 3.51. The van der Waals surface area contributed by atoms with Crippen LogP contribution in [0.4, 0.5) is 13.2 Å². The van der Waals surface area contributed by atoms with Gasteiger partial charge in [0.2, 0.25) is 0 Å². The van der Waals surface area contributed by atoms with Crippen LogP contribution in [-0.4, -0.2) is 19.0 Å². The Kier molecular flexibility index (Phi) is 2.87. The summed E-state index contributed by atoms with van der Waals surface area (Å²) in [5, 5.41) is 9.21. The highest BCUT2D eigenvalue weighted by Crippen LogP contribution is 2.39. The molecule has 0 amide bonds. The molecule has 0 saturated carbocycles. The van der Waals surface area contributed by atoms with Crippen LogP contribution in [0.15, 0.2) is 22.8 Å². The van der Waals surface area contributed by atoms with Crippen LogP contribution in [0.3, 0.4) is 0 Å². The van der Waals surface area contributed by atoms with Crippen molar-refractivity contribution < 1.29 is 26.7 Å². The number of sulfone groups is 1. The van der Waals surface area contributed by atoms with Gasteiger partial charge in [0.1, 0.15) is 10.7 Å². The van der Waals surface area contributed by atoms with Crippen molar-refractivity contribution in [2.45, 2.75) is 25.8 Å². The largest absolute Gasteiger partial charge is 0.507 e. The molecule has 0 aromatic carbocycles. The molecule has 0 spiro atoms. The predicted octanol–water partition coefficient (Wildman–Crippen LogP) is 2.68. The molecule has 3 nitrogen and oxygen atoms in total. The summed E-state index contributed by atoms with van der Waals surface area (Å²) in [6.45, 7) is 3.17. The van der Waals surface area contributed by atoms with Gasteiger partial charge in [-0.25, -0.2) is 8.42 Å². The lowest BCUT2D eigenvalue weighted by molar-refractivity contribution is -0.0427. The molecule has 0 heterocycles. The van der Waals surface area contributed by atoms with Gasteiger partial charge in [-0.2, -0.15) is 13.2 Å². The Morgan fingerprint density at radius 2 is 1.88 bits per heavy atom. The second-order valence-electron chi connectivity index (χ2n) is 4.24. The minimum atomic E-state index is -5.48. The first-order chi connectivity index (χ1) is 6.97. The highest BCUT2D eigenvalue weighted by molar-refractivity contribution is 7.96. The monoisotopic (exact) mass is 256 g/mol. The van der Waals surface area contributed by atoms with Gasteiger partial charge in [0.15, 0.2) is 0 Å². The number of aliphatic hydroxyl groups is 1. The van der Waals surface area contributed by atoms with Crippen LogP contribution in [0, 0.1) is 5.41 Å². The van der Waals surface area contributed by atoms with Crippen molar-refractivity contribution >= 4 is 9.84 Å². The highest BCUT2D eigenvalue weighted by atomic mass is 32.2. The third kappa shape index (κ3) is 2.23. The van der Waals surface area contributed by atoms with Crippen LogP contribution in [-0.2, 0) is 9.84 Å². The summed E-state index contributed by atoms with van der Waals surface area (Å²) in [4.78, 5) is -1.06. The Morgan fingerprint density at radius 3 is 2.31 bits per heavy atom. The summed E-state index contributed by atoms with van der Waals surface area (Å²) in [5.74, 6) is -0.836. The number of hydrogen-bond donors (Lipinski definition) is 1. The minimum absolute atomic E-state index is 0.287. The molecule has 0 saturated heterocycles. The fourth-order valence-electron chi connectivity index (χ4n) is 1.29. The van der Waals surface area contributed by atoms with Gasteiger partial charge in [0, 0.05) is 0 Å². The summed E-state index contributed by atoms with van der Waals surface area (Å²) < 4.78 is 59.1. The molecule has 92 valence electrons.